The number of alkyl halides is 3. The Kier molecular flexibility index (Phi) is 6.16. The number of nitrogens with zero attached hydrogens (tertiary/aromatic N) is 3. The lowest BCUT2D eigenvalue weighted by molar-refractivity contribution is -0.142. The Labute approximate surface area is 215 Å². The van der Waals surface area contributed by atoms with Gasteiger partial charge in [0.15, 0.2) is 11.3 Å². The van der Waals surface area contributed by atoms with Crippen molar-refractivity contribution in [2.75, 3.05) is 14.2 Å². The minimum absolute atomic E-state index is 0.0286. The van der Waals surface area contributed by atoms with Crippen LogP contribution >= 0.6 is 0 Å². The number of aromatic nitrogens is 3. The maximum atomic E-state index is 14.0. The van der Waals surface area contributed by atoms with E-state index in [0.717, 1.165) is 12.3 Å². The van der Waals surface area contributed by atoms with Gasteiger partial charge in [-0.2, -0.15) is 18.3 Å². The number of hydrogen-bond donors (Lipinski definition) is 0. The van der Waals surface area contributed by atoms with Gasteiger partial charge in [-0.1, -0.05) is 12.1 Å². The molecule has 0 spiro atoms. The third-order valence-electron chi connectivity index (χ3n) is 6.24. The fourth-order valence-electron chi connectivity index (χ4n) is 4.49. The molecule has 1 atom stereocenters. The van der Waals surface area contributed by atoms with Crippen LogP contribution in [-0.2, 0) is 10.9 Å². The number of fused-ring (bicyclic) bond motifs is 2. The molecule has 198 valence electrons. The van der Waals surface area contributed by atoms with E-state index in [9.17, 15) is 18.0 Å². The van der Waals surface area contributed by atoms with Crippen LogP contribution in [0, 0.1) is 0 Å². The van der Waals surface area contributed by atoms with Crippen LogP contribution in [0.1, 0.15) is 48.0 Å². The molecule has 5 rings (SSSR count). The second-order valence-electron chi connectivity index (χ2n) is 9.38. The lowest BCUT2D eigenvalue weighted by atomic mass is 9.91. The van der Waals surface area contributed by atoms with Crippen molar-refractivity contribution in [2.24, 2.45) is 0 Å². The summed E-state index contributed by atoms with van der Waals surface area (Å²) in [5.74, 6) is 0.531. The van der Waals surface area contributed by atoms with E-state index in [1.54, 1.807) is 42.5 Å². The number of halogens is 3. The Balaban J connectivity index is 1.60. The van der Waals surface area contributed by atoms with Gasteiger partial charge in [-0.25, -0.2) is 14.3 Å². The molecule has 1 aliphatic rings. The number of ether oxygens (including phenoxy) is 4. The smallest absolute Gasteiger partial charge is 0.433 e. The lowest BCUT2D eigenvalue weighted by Crippen LogP contribution is -2.36. The number of para-hydroxylation sites is 1. The van der Waals surface area contributed by atoms with Gasteiger partial charge in [0.1, 0.15) is 34.5 Å². The van der Waals surface area contributed by atoms with Crippen LogP contribution in [0.15, 0.2) is 54.7 Å². The number of rotatable bonds is 5. The van der Waals surface area contributed by atoms with Crippen LogP contribution in [0.3, 0.4) is 0 Å². The number of benzene rings is 2. The second kappa shape index (κ2) is 9.23. The van der Waals surface area contributed by atoms with Crippen LogP contribution in [0.25, 0.3) is 16.9 Å². The highest BCUT2D eigenvalue weighted by molar-refractivity contribution is 5.96. The molecule has 38 heavy (non-hydrogen) atoms. The molecule has 11 heteroatoms. The minimum atomic E-state index is -4.77. The first-order valence-electron chi connectivity index (χ1n) is 11.7. The monoisotopic (exact) mass is 527 g/mol. The molecule has 2 aromatic carbocycles. The van der Waals surface area contributed by atoms with Crippen molar-refractivity contribution in [3.63, 3.8) is 0 Å². The number of esters is 1. The predicted octanol–water partition coefficient (Wildman–Crippen LogP) is 5.89. The Bertz CT molecular complexity index is 1530. The van der Waals surface area contributed by atoms with Gasteiger partial charge < -0.3 is 18.9 Å². The first kappa shape index (κ1) is 25.4. The van der Waals surface area contributed by atoms with Crippen molar-refractivity contribution in [1.82, 2.24) is 14.6 Å². The van der Waals surface area contributed by atoms with E-state index < -0.39 is 29.5 Å². The first-order chi connectivity index (χ1) is 18.0. The van der Waals surface area contributed by atoms with Gasteiger partial charge in [-0.3, -0.25) is 0 Å². The van der Waals surface area contributed by atoms with Crippen molar-refractivity contribution in [3.05, 3.63) is 71.5 Å². The fourth-order valence-corrected chi connectivity index (χ4v) is 4.49. The quantitative estimate of drug-likeness (QED) is 0.299. The second-order valence-corrected chi connectivity index (χ2v) is 9.38. The number of carbonyl (C=O) groups is 1. The average molecular weight is 527 g/mol. The number of hydrogen-bond acceptors (Lipinski definition) is 7. The largest absolute Gasteiger partial charge is 0.497 e. The number of carbonyl (C=O) groups excluding carboxylic acids is 1. The zero-order valence-electron chi connectivity index (χ0n) is 21.0. The lowest BCUT2D eigenvalue weighted by Gasteiger charge is -2.37. The molecule has 1 aliphatic heterocycles. The molecule has 8 nitrogen and oxygen atoms in total. The summed E-state index contributed by atoms with van der Waals surface area (Å²) in [6, 6.07) is 12.6. The third-order valence-corrected chi connectivity index (χ3v) is 6.24. The standard InChI is InChI=1S/C27H24F3N3O5/c1-26(2)13-22(17-11-15(35-3)9-10-21(17)38-26)37-25(34)18-14-31-33-23(27(28,29)30)12-19(32-24(18)33)16-7-5-6-8-20(16)36-4/h5-12,14,22H,13H2,1-4H3. The summed E-state index contributed by atoms with van der Waals surface area (Å²) in [6.45, 7) is 3.71. The molecule has 0 N–H and O–H groups in total. The zero-order chi connectivity index (χ0) is 27.2. The molecular weight excluding hydrogens is 503 g/mol. The molecule has 4 aromatic rings. The van der Waals surface area contributed by atoms with Crippen LogP contribution in [0.4, 0.5) is 13.2 Å². The van der Waals surface area contributed by atoms with Crippen LogP contribution < -0.4 is 14.2 Å². The highest BCUT2D eigenvalue weighted by Crippen LogP contribution is 2.43. The van der Waals surface area contributed by atoms with Gasteiger partial charge in [-0.05, 0) is 50.2 Å². The Hall–Kier alpha value is -4.28. The Morgan fingerprint density at radius 3 is 2.58 bits per heavy atom. The van der Waals surface area contributed by atoms with Gasteiger partial charge in [0, 0.05) is 17.5 Å². The van der Waals surface area contributed by atoms with Gasteiger partial charge in [0.2, 0.25) is 0 Å². The molecule has 1 unspecified atom stereocenters. The van der Waals surface area contributed by atoms with Gasteiger partial charge >= 0.3 is 12.1 Å². The highest BCUT2D eigenvalue weighted by atomic mass is 19.4. The average Bonchev–Trinajstić information content (AvgIpc) is 3.30. The van der Waals surface area contributed by atoms with E-state index in [0.29, 0.717) is 39.3 Å². The fraction of sp³-hybridized carbons (Fsp3) is 0.296. The Morgan fingerprint density at radius 1 is 1.11 bits per heavy atom. The maximum Gasteiger partial charge on any atom is 0.433 e. The first-order valence-corrected chi connectivity index (χ1v) is 11.7. The van der Waals surface area contributed by atoms with E-state index in [2.05, 4.69) is 10.1 Å². The summed E-state index contributed by atoms with van der Waals surface area (Å²) >= 11 is 0. The van der Waals surface area contributed by atoms with Crippen LogP contribution in [-0.4, -0.2) is 40.4 Å². The van der Waals surface area contributed by atoms with E-state index in [4.69, 9.17) is 18.9 Å². The molecule has 0 saturated heterocycles. The third kappa shape index (κ3) is 4.59. The molecule has 0 saturated carbocycles. The molecule has 0 aliphatic carbocycles. The Morgan fingerprint density at radius 2 is 1.87 bits per heavy atom. The molecule has 3 heterocycles. The zero-order valence-corrected chi connectivity index (χ0v) is 21.0. The summed E-state index contributed by atoms with van der Waals surface area (Å²) in [6.07, 6.45) is -4.18. The van der Waals surface area contributed by atoms with Crippen molar-refractivity contribution >= 4 is 11.6 Å². The SMILES string of the molecule is COc1ccc2c(c1)C(OC(=O)c1cnn3c(C(F)(F)F)cc(-c4ccccc4OC)nc13)CC(C)(C)O2. The van der Waals surface area contributed by atoms with Crippen molar-refractivity contribution in [3.8, 4) is 28.5 Å². The van der Waals surface area contributed by atoms with E-state index in [1.165, 1.54) is 14.2 Å². The summed E-state index contributed by atoms with van der Waals surface area (Å²) in [5.41, 5.74) is -1.36. The summed E-state index contributed by atoms with van der Waals surface area (Å²) < 4.78 is 65.2. The van der Waals surface area contributed by atoms with E-state index in [-0.39, 0.29) is 16.9 Å². The molecule has 2 aromatic heterocycles. The maximum absolute atomic E-state index is 14.0. The molecule has 0 fully saturated rings. The van der Waals surface area contributed by atoms with Gasteiger partial charge in [-0.15, -0.1) is 0 Å². The molecule has 0 amide bonds. The topological polar surface area (TPSA) is 84.2 Å². The van der Waals surface area contributed by atoms with Crippen molar-refractivity contribution in [2.45, 2.75) is 38.1 Å². The van der Waals surface area contributed by atoms with E-state index in [1.807, 2.05) is 13.8 Å². The molecule has 0 radical (unpaired) electrons. The summed E-state index contributed by atoms with van der Waals surface area (Å²) in [4.78, 5) is 17.8. The molecular formula is C27H24F3N3O5. The van der Waals surface area contributed by atoms with Crippen LogP contribution in [0.5, 0.6) is 17.2 Å². The summed E-state index contributed by atoms with van der Waals surface area (Å²) in [5, 5.41) is 3.83. The van der Waals surface area contributed by atoms with Crippen LogP contribution in [0.2, 0.25) is 0 Å². The predicted molar refractivity (Wildman–Crippen MR) is 130 cm³/mol. The van der Waals surface area contributed by atoms with Crippen molar-refractivity contribution in [1.29, 1.82) is 0 Å². The highest BCUT2D eigenvalue weighted by Gasteiger charge is 2.39. The minimum Gasteiger partial charge on any atom is -0.497 e. The summed E-state index contributed by atoms with van der Waals surface area (Å²) in [7, 11) is 2.92. The van der Waals surface area contributed by atoms with Crippen molar-refractivity contribution < 1.29 is 36.9 Å². The van der Waals surface area contributed by atoms with Gasteiger partial charge in [0.25, 0.3) is 0 Å². The number of methoxy groups -OCH3 is 2. The van der Waals surface area contributed by atoms with E-state index >= 15 is 0 Å². The molecule has 0 bridgehead atoms. The van der Waals surface area contributed by atoms with Gasteiger partial charge in [0.05, 0.1) is 26.1 Å². The normalized spacial score (nSPS) is 16.4.